The normalized spacial score (nSPS) is 23.3. The third-order valence-electron chi connectivity index (χ3n) is 4.56. The number of aromatic nitrogens is 1. The lowest BCUT2D eigenvalue weighted by Gasteiger charge is -2.38. The number of hydrogen-bond acceptors (Lipinski definition) is 5. The maximum absolute atomic E-state index is 14.0. The standard InChI is InChI=1S/C17H17F3N2O3S/c1-7-5-22(6-8(2)14(7)23)17(25)16-21-4-11(26-16)9-3-10(18)13(20)15(24)12(9)19/h3-4,7-8,14,23-24H,5-6H2,1-2H3/t7-,8+,14?. The SMILES string of the molecule is C[C@@H]1CN(C(=O)c2ncc(-c3cc(F)c(F)c(O)c3F)s2)C[C@H](C)C1O. The predicted molar refractivity (Wildman–Crippen MR) is 89.3 cm³/mol. The molecule has 1 aromatic carbocycles. The quantitative estimate of drug-likeness (QED) is 0.779. The summed E-state index contributed by atoms with van der Waals surface area (Å²) >= 11 is 0.823. The van der Waals surface area contributed by atoms with Gasteiger partial charge in [-0.3, -0.25) is 4.79 Å². The predicted octanol–water partition coefficient (Wildman–Crippen LogP) is 3.02. The van der Waals surface area contributed by atoms with E-state index in [1.807, 2.05) is 13.8 Å². The molecule has 140 valence electrons. The van der Waals surface area contributed by atoms with Crippen molar-refractivity contribution in [3.05, 3.63) is 34.7 Å². The van der Waals surface area contributed by atoms with Crippen LogP contribution < -0.4 is 0 Å². The van der Waals surface area contributed by atoms with Crippen molar-refractivity contribution in [2.45, 2.75) is 20.0 Å². The Hall–Kier alpha value is -2.13. The number of rotatable bonds is 2. The van der Waals surface area contributed by atoms with Gasteiger partial charge in [0.1, 0.15) is 0 Å². The number of aliphatic hydroxyl groups excluding tert-OH is 1. The zero-order valence-electron chi connectivity index (χ0n) is 14.0. The van der Waals surface area contributed by atoms with Gasteiger partial charge in [-0.2, -0.15) is 4.39 Å². The van der Waals surface area contributed by atoms with Crippen LogP contribution >= 0.6 is 11.3 Å². The summed E-state index contributed by atoms with van der Waals surface area (Å²) in [6.07, 6.45) is 0.684. The first-order valence-corrected chi connectivity index (χ1v) is 8.82. The molecule has 0 radical (unpaired) electrons. The molecule has 1 fully saturated rings. The number of likely N-dealkylation sites (tertiary alicyclic amines) is 1. The van der Waals surface area contributed by atoms with Gasteiger partial charge in [0.2, 0.25) is 5.82 Å². The van der Waals surface area contributed by atoms with Crippen LogP contribution in [0.3, 0.4) is 0 Å². The first kappa shape index (κ1) is 18.7. The van der Waals surface area contributed by atoms with E-state index in [0.29, 0.717) is 19.2 Å². The molecule has 2 N–H and O–H groups in total. The molecule has 0 saturated carbocycles. The fraction of sp³-hybridized carbons (Fsp3) is 0.412. The van der Waals surface area contributed by atoms with Gasteiger partial charge in [-0.25, -0.2) is 13.8 Å². The Balaban J connectivity index is 1.88. The Bertz CT molecular complexity index is 846. The number of phenolic OH excluding ortho intramolecular Hbond substituents is 1. The molecular weight excluding hydrogens is 369 g/mol. The lowest BCUT2D eigenvalue weighted by atomic mass is 9.88. The van der Waals surface area contributed by atoms with Gasteiger partial charge in [-0.1, -0.05) is 13.8 Å². The monoisotopic (exact) mass is 386 g/mol. The molecule has 26 heavy (non-hydrogen) atoms. The minimum absolute atomic E-state index is 0.0689. The Kier molecular flexibility index (Phi) is 4.94. The second-order valence-electron chi connectivity index (χ2n) is 6.57. The third-order valence-corrected chi connectivity index (χ3v) is 5.58. The minimum atomic E-state index is -1.66. The van der Waals surface area contributed by atoms with Gasteiger partial charge in [0, 0.05) is 24.8 Å². The smallest absolute Gasteiger partial charge is 0.282 e. The van der Waals surface area contributed by atoms with E-state index in [1.165, 1.54) is 6.20 Å². The van der Waals surface area contributed by atoms with Crippen LogP contribution in [0.2, 0.25) is 0 Å². The Morgan fingerprint density at radius 1 is 1.23 bits per heavy atom. The summed E-state index contributed by atoms with van der Waals surface area (Å²) in [6, 6.07) is 0.619. The van der Waals surface area contributed by atoms with Crippen LogP contribution in [-0.2, 0) is 0 Å². The molecule has 1 saturated heterocycles. The van der Waals surface area contributed by atoms with Gasteiger partial charge < -0.3 is 15.1 Å². The van der Waals surface area contributed by atoms with Gasteiger partial charge in [0.15, 0.2) is 22.4 Å². The van der Waals surface area contributed by atoms with E-state index in [1.54, 1.807) is 4.90 Å². The van der Waals surface area contributed by atoms with Gasteiger partial charge in [0.05, 0.1) is 11.0 Å². The number of halogens is 3. The minimum Gasteiger partial charge on any atom is -0.503 e. The van der Waals surface area contributed by atoms with Gasteiger partial charge >= 0.3 is 0 Å². The summed E-state index contributed by atoms with van der Waals surface area (Å²) < 4.78 is 40.7. The highest BCUT2D eigenvalue weighted by atomic mass is 32.1. The first-order valence-electron chi connectivity index (χ1n) is 8.00. The van der Waals surface area contributed by atoms with E-state index < -0.39 is 29.3 Å². The summed E-state index contributed by atoms with van der Waals surface area (Å²) in [6.45, 7) is 4.40. The molecule has 2 heterocycles. The second-order valence-corrected chi connectivity index (χ2v) is 7.60. The van der Waals surface area contributed by atoms with Crippen molar-refractivity contribution in [1.29, 1.82) is 0 Å². The van der Waals surface area contributed by atoms with Crippen LogP contribution in [0.5, 0.6) is 5.75 Å². The molecule has 9 heteroatoms. The van der Waals surface area contributed by atoms with Crippen LogP contribution in [0.15, 0.2) is 12.3 Å². The largest absolute Gasteiger partial charge is 0.503 e. The molecule has 0 bridgehead atoms. The summed E-state index contributed by atoms with van der Waals surface area (Å²) in [5, 5.41) is 19.4. The van der Waals surface area contributed by atoms with Crippen LogP contribution in [0.4, 0.5) is 13.2 Å². The summed E-state index contributed by atoms with van der Waals surface area (Å²) in [5.41, 5.74) is -0.367. The molecule has 1 aromatic heterocycles. The molecule has 0 aliphatic carbocycles. The van der Waals surface area contributed by atoms with E-state index in [9.17, 15) is 28.2 Å². The lowest BCUT2D eigenvalue weighted by molar-refractivity contribution is -0.00352. The fourth-order valence-electron chi connectivity index (χ4n) is 3.11. The molecule has 5 nitrogen and oxygen atoms in total. The Morgan fingerprint density at radius 3 is 2.46 bits per heavy atom. The molecule has 3 rings (SSSR count). The number of hydrogen-bond donors (Lipinski definition) is 2. The molecule has 2 aromatic rings. The maximum atomic E-state index is 14.0. The third kappa shape index (κ3) is 3.16. The van der Waals surface area contributed by atoms with Gasteiger partial charge in [-0.15, -0.1) is 11.3 Å². The number of benzene rings is 1. The number of piperidine rings is 1. The van der Waals surface area contributed by atoms with Crippen molar-refractivity contribution < 1.29 is 28.2 Å². The topological polar surface area (TPSA) is 73.7 Å². The molecule has 3 atom stereocenters. The summed E-state index contributed by atoms with van der Waals surface area (Å²) in [5.74, 6) is -6.34. The maximum Gasteiger partial charge on any atom is 0.282 e. The van der Waals surface area contributed by atoms with Crippen LogP contribution in [0.1, 0.15) is 23.6 Å². The van der Waals surface area contributed by atoms with Crippen LogP contribution in [0.25, 0.3) is 10.4 Å². The Morgan fingerprint density at radius 2 is 1.85 bits per heavy atom. The number of aromatic hydroxyl groups is 1. The van der Waals surface area contributed by atoms with Crippen molar-refractivity contribution in [1.82, 2.24) is 9.88 Å². The number of thiazole rings is 1. The lowest BCUT2D eigenvalue weighted by Crippen LogP contribution is -2.49. The van der Waals surface area contributed by atoms with Crippen molar-refractivity contribution in [2.24, 2.45) is 11.8 Å². The molecule has 1 aliphatic heterocycles. The second kappa shape index (κ2) is 6.88. The highest BCUT2D eigenvalue weighted by Gasteiger charge is 2.34. The summed E-state index contributed by atoms with van der Waals surface area (Å²) in [4.78, 5) is 18.2. The number of phenols is 1. The number of nitrogens with zero attached hydrogens (tertiary/aromatic N) is 2. The zero-order chi connectivity index (χ0) is 19.2. The van der Waals surface area contributed by atoms with Crippen molar-refractivity contribution in [2.75, 3.05) is 13.1 Å². The fourth-order valence-corrected chi connectivity index (χ4v) is 4.01. The van der Waals surface area contributed by atoms with E-state index in [2.05, 4.69) is 4.98 Å². The molecule has 1 unspecified atom stereocenters. The van der Waals surface area contributed by atoms with Crippen molar-refractivity contribution in [3.63, 3.8) is 0 Å². The average molecular weight is 386 g/mol. The van der Waals surface area contributed by atoms with Crippen molar-refractivity contribution in [3.8, 4) is 16.2 Å². The van der Waals surface area contributed by atoms with Crippen LogP contribution in [0, 0.1) is 29.3 Å². The first-order chi connectivity index (χ1) is 12.2. The number of carbonyl (C=O) groups excluding carboxylic acids is 1. The summed E-state index contributed by atoms with van der Waals surface area (Å²) in [7, 11) is 0. The van der Waals surface area contributed by atoms with E-state index in [4.69, 9.17) is 0 Å². The Labute approximate surface area is 151 Å². The molecule has 1 aliphatic rings. The average Bonchev–Trinajstić information content (AvgIpc) is 3.09. The van der Waals surface area contributed by atoms with Crippen LogP contribution in [-0.4, -0.2) is 45.2 Å². The zero-order valence-corrected chi connectivity index (χ0v) is 14.9. The molecular formula is C17H17F3N2O3S. The molecule has 0 spiro atoms. The number of aliphatic hydroxyl groups is 1. The van der Waals surface area contributed by atoms with Gasteiger partial charge in [-0.05, 0) is 17.9 Å². The number of carbonyl (C=O) groups is 1. The highest BCUT2D eigenvalue weighted by molar-refractivity contribution is 7.16. The van der Waals surface area contributed by atoms with E-state index >= 15 is 0 Å². The molecule has 1 amide bonds. The van der Waals surface area contributed by atoms with E-state index in [-0.39, 0.29) is 33.2 Å². The number of amides is 1. The highest BCUT2D eigenvalue weighted by Crippen LogP contribution is 2.35. The van der Waals surface area contributed by atoms with Gasteiger partial charge in [0.25, 0.3) is 5.91 Å². The van der Waals surface area contributed by atoms with Crippen molar-refractivity contribution >= 4 is 17.2 Å². The van der Waals surface area contributed by atoms with E-state index in [0.717, 1.165) is 11.3 Å².